The number of carbonyl (C=O) groups is 2. The third-order valence-corrected chi connectivity index (χ3v) is 2.38. The van der Waals surface area contributed by atoms with E-state index in [1.54, 1.807) is 0 Å². The van der Waals surface area contributed by atoms with Crippen molar-refractivity contribution in [2.24, 2.45) is 0 Å². The number of allylic oxidation sites excluding steroid dienone is 1. The van der Waals surface area contributed by atoms with Crippen molar-refractivity contribution in [1.82, 2.24) is 0 Å². The molecule has 0 unspecified atom stereocenters. The van der Waals surface area contributed by atoms with Crippen LogP contribution in [0.1, 0.15) is 16.7 Å². The summed E-state index contributed by atoms with van der Waals surface area (Å²) in [5, 5.41) is 17.3. The largest absolute Gasteiger partial charge is 0.502 e. The van der Waals surface area contributed by atoms with E-state index in [0.29, 0.717) is 0 Å². The number of aliphatic hydroxyl groups is 1. The molecular weight excluding hydrogens is 220 g/mol. The van der Waals surface area contributed by atoms with E-state index < -0.39 is 17.5 Å². The van der Waals surface area contributed by atoms with Crippen LogP contribution >= 0.6 is 0 Å². The maximum absolute atomic E-state index is 11.5. The second kappa shape index (κ2) is 5.30. The van der Waals surface area contributed by atoms with Crippen molar-refractivity contribution < 1.29 is 19.8 Å². The number of carboxylic acids is 1. The van der Waals surface area contributed by atoms with E-state index in [9.17, 15) is 9.59 Å². The Labute approximate surface area is 99.2 Å². The average Bonchev–Trinajstić information content (AvgIpc) is 2.22. The summed E-state index contributed by atoms with van der Waals surface area (Å²) < 4.78 is 0. The summed E-state index contributed by atoms with van der Waals surface area (Å²) in [5.41, 5.74) is 2.90. The second-order valence-electron chi connectivity index (χ2n) is 3.91. The fraction of sp³-hybridized carbons (Fsp3) is 0.231. The van der Waals surface area contributed by atoms with Gasteiger partial charge in [-0.15, -0.1) is 0 Å². The van der Waals surface area contributed by atoms with Crippen LogP contribution in [-0.2, 0) is 16.0 Å². The number of ketones is 1. The molecule has 1 aromatic rings. The molecule has 0 aliphatic rings. The molecule has 0 bridgehead atoms. The van der Waals surface area contributed by atoms with Crippen LogP contribution in [0.15, 0.2) is 30.0 Å². The zero-order valence-electron chi connectivity index (χ0n) is 9.73. The summed E-state index contributed by atoms with van der Waals surface area (Å²) in [7, 11) is 0. The summed E-state index contributed by atoms with van der Waals surface area (Å²) in [6.45, 7) is 3.84. The Morgan fingerprint density at radius 1 is 1.24 bits per heavy atom. The highest BCUT2D eigenvalue weighted by atomic mass is 16.4. The summed E-state index contributed by atoms with van der Waals surface area (Å²) in [4.78, 5) is 21.8. The molecule has 4 nitrogen and oxygen atoms in total. The molecule has 0 saturated heterocycles. The Morgan fingerprint density at radius 2 is 1.88 bits per heavy atom. The van der Waals surface area contributed by atoms with Crippen LogP contribution in [0, 0.1) is 13.8 Å². The number of aliphatic carboxylic acids is 1. The number of hydrogen-bond donors (Lipinski definition) is 2. The Bertz CT molecular complexity index is 486. The number of carboxylic acid groups (broad SMARTS) is 1. The first-order valence-electron chi connectivity index (χ1n) is 5.13. The highest BCUT2D eigenvalue weighted by Crippen LogP contribution is 2.11. The minimum atomic E-state index is -1.50. The number of benzene rings is 1. The minimum Gasteiger partial charge on any atom is -0.502 e. The SMILES string of the molecule is Cc1ccc(CC(=O)/C=C(\O)C(=O)O)c(C)c1. The van der Waals surface area contributed by atoms with Crippen LogP contribution in [0.5, 0.6) is 0 Å². The van der Waals surface area contributed by atoms with Gasteiger partial charge in [-0.25, -0.2) is 4.79 Å². The van der Waals surface area contributed by atoms with Gasteiger partial charge in [-0.3, -0.25) is 4.79 Å². The first-order chi connectivity index (χ1) is 7.90. The van der Waals surface area contributed by atoms with Gasteiger partial charge in [-0.05, 0) is 25.0 Å². The lowest BCUT2D eigenvalue weighted by atomic mass is 10.0. The van der Waals surface area contributed by atoms with Crippen molar-refractivity contribution in [2.45, 2.75) is 20.3 Å². The number of hydrogen-bond acceptors (Lipinski definition) is 3. The number of rotatable bonds is 4. The van der Waals surface area contributed by atoms with Gasteiger partial charge in [0, 0.05) is 12.5 Å². The van der Waals surface area contributed by atoms with E-state index in [1.807, 2.05) is 32.0 Å². The van der Waals surface area contributed by atoms with Crippen molar-refractivity contribution in [2.75, 3.05) is 0 Å². The van der Waals surface area contributed by atoms with Crippen molar-refractivity contribution in [3.05, 3.63) is 46.7 Å². The lowest BCUT2D eigenvalue weighted by molar-refractivity contribution is -0.135. The second-order valence-corrected chi connectivity index (χ2v) is 3.91. The molecule has 0 aliphatic carbocycles. The van der Waals surface area contributed by atoms with E-state index in [2.05, 4.69) is 0 Å². The third-order valence-electron chi connectivity index (χ3n) is 2.38. The van der Waals surface area contributed by atoms with Gasteiger partial charge in [0.2, 0.25) is 5.76 Å². The van der Waals surface area contributed by atoms with E-state index in [-0.39, 0.29) is 6.42 Å². The molecule has 0 atom stereocenters. The maximum atomic E-state index is 11.5. The quantitative estimate of drug-likeness (QED) is 0.616. The van der Waals surface area contributed by atoms with Crippen LogP contribution in [-0.4, -0.2) is 22.0 Å². The predicted molar refractivity (Wildman–Crippen MR) is 63.0 cm³/mol. The molecule has 0 radical (unpaired) electrons. The summed E-state index contributed by atoms with van der Waals surface area (Å²) in [6, 6.07) is 5.66. The molecule has 1 rings (SSSR count). The zero-order chi connectivity index (χ0) is 13.0. The van der Waals surface area contributed by atoms with Crippen molar-refractivity contribution in [3.8, 4) is 0 Å². The predicted octanol–water partition coefficient (Wildman–Crippen LogP) is 1.94. The van der Waals surface area contributed by atoms with Gasteiger partial charge < -0.3 is 10.2 Å². The monoisotopic (exact) mass is 234 g/mol. The van der Waals surface area contributed by atoms with Crippen molar-refractivity contribution in [1.29, 1.82) is 0 Å². The standard InChI is InChI=1S/C13H14O4/c1-8-3-4-10(9(2)5-8)6-11(14)7-12(15)13(16)17/h3-5,7,15H,6H2,1-2H3,(H,16,17)/b12-7-. The maximum Gasteiger partial charge on any atom is 0.371 e. The lowest BCUT2D eigenvalue weighted by Gasteiger charge is -2.04. The highest BCUT2D eigenvalue weighted by molar-refractivity contribution is 5.98. The van der Waals surface area contributed by atoms with E-state index in [0.717, 1.165) is 22.8 Å². The Kier molecular flexibility index (Phi) is 4.04. The molecule has 4 heteroatoms. The van der Waals surface area contributed by atoms with E-state index in [4.69, 9.17) is 10.2 Å². The average molecular weight is 234 g/mol. The van der Waals surface area contributed by atoms with Gasteiger partial charge in [0.25, 0.3) is 0 Å². The van der Waals surface area contributed by atoms with Gasteiger partial charge in [0.1, 0.15) is 0 Å². The molecular formula is C13H14O4. The van der Waals surface area contributed by atoms with Crippen LogP contribution in [0.25, 0.3) is 0 Å². The highest BCUT2D eigenvalue weighted by Gasteiger charge is 2.09. The minimum absolute atomic E-state index is 0.0868. The Hall–Kier alpha value is -2.10. The lowest BCUT2D eigenvalue weighted by Crippen LogP contribution is -2.06. The summed E-state index contributed by atoms with van der Waals surface area (Å²) in [6.07, 6.45) is 0.824. The third kappa shape index (κ3) is 3.75. The molecule has 2 N–H and O–H groups in total. The van der Waals surface area contributed by atoms with Gasteiger partial charge in [0.05, 0.1) is 0 Å². The topological polar surface area (TPSA) is 74.6 Å². The van der Waals surface area contributed by atoms with Crippen LogP contribution in [0.4, 0.5) is 0 Å². The van der Waals surface area contributed by atoms with E-state index in [1.165, 1.54) is 0 Å². The molecule has 0 fully saturated rings. The van der Waals surface area contributed by atoms with Gasteiger partial charge in [-0.2, -0.15) is 0 Å². The van der Waals surface area contributed by atoms with Crippen LogP contribution in [0.2, 0.25) is 0 Å². The van der Waals surface area contributed by atoms with Crippen molar-refractivity contribution in [3.63, 3.8) is 0 Å². The normalized spacial score (nSPS) is 11.3. The number of aliphatic hydroxyl groups excluding tert-OH is 1. The van der Waals surface area contributed by atoms with E-state index >= 15 is 0 Å². The molecule has 0 spiro atoms. The Balaban J connectivity index is 2.82. The smallest absolute Gasteiger partial charge is 0.371 e. The molecule has 0 aliphatic heterocycles. The van der Waals surface area contributed by atoms with Gasteiger partial charge in [-0.1, -0.05) is 23.8 Å². The Morgan fingerprint density at radius 3 is 2.41 bits per heavy atom. The number of aryl methyl sites for hydroxylation is 2. The fourth-order valence-electron chi connectivity index (χ4n) is 1.50. The molecule has 90 valence electrons. The van der Waals surface area contributed by atoms with Crippen molar-refractivity contribution >= 4 is 11.8 Å². The van der Waals surface area contributed by atoms with Crippen LogP contribution < -0.4 is 0 Å². The van der Waals surface area contributed by atoms with Crippen LogP contribution in [0.3, 0.4) is 0 Å². The fourth-order valence-corrected chi connectivity index (χ4v) is 1.50. The molecule has 0 saturated carbocycles. The molecule has 0 amide bonds. The van der Waals surface area contributed by atoms with Gasteiger partial charge in [0.15, 0.2) is 5.78 Å². The van der Waals surface area contributed by atoms with Gasteiger partial charge >= 0.3 is 5.97 Å². The summed E-state index contributed by atoms with van der Waals surface area (Å²) in [5.74, 6) is -2.87. The molecule has 0 heterocycles. The zero-order valence-corrected chi connectivity index (χ0v) is 9.73. The summed E-state index contributed by atoms with van der Waals surface area (Å²) >= 11 is 0. The molecule has 1 aromatic carbocycles. The molecule has 17 heavy (non-hydrogen) atoms. The number of carbonyl (C=O) groups excluding carboxylic acids is 1. The first-order valence-corrected chi connectivity index (χ1v) is 5.13. The first kappa shape index (κ1) is 13.0. The molecule has 0 aromatic heterocycles.